The van der Waals surface area contributed by atoms with Crippen LogP contribution in [-0.4, -0.2) is 29.6 Å². The molecule has 0 unspecified atom stereocenters. The molecule has 1 heterocycles. The van der Waals surface area contributed by atoms with Gasteiger partial charge in [0.05, 0.1) is 11.7 Å². The van der Waals surface area contributed by atoms with Crippen LogP contribution < -0.4 is 26.7 Å². The summed E-state index contributed by atoms with van der Waals surface area (Å²) in [6, 6.07) is 24.0. The third-order valence-electron chi connectivity index (χ3n) is 5.57. The SMILES string of the molecule is C[C@H](NC(=O)C1=NN(c2ccccc2)[C@H](C(N)=O)C1)c1ccc(NC(=O)Nc2ccccc2)cc1. The number of carbonyl (C=O) groups is 3. The highest BCUT2D eigenvalue weighted by atomic mass is 16.2. The number of primary amides is 1. The molecule has 0 aliphatic carbocycles. The van der Waals surface area contributed by atoms with E-state index in [-0.39, 0.29) is 30.1 Å². The zero-order chi connectivity index (χ0) is 24.8. The van der Waals surface area contributed by atoms with Crippen molar-refractivity contribution in [3.05, 3.63) is 90.5 Å². The van der Waals surface area contributed by atoms with E-state index in [1.54, 1.807) is 36.4 Å². The fraction of sp³-hybridized carbons (Fsp3) is 0.154. The molecule has 0 saturated heterocycles. The van der Waals surface area contributed by atoms with Crippen LogP contribution in [0.25, 0.3) is 0 Å². The third kappa shape index (κ3) is 5.83. The van der Waals surface area contributed by atoms with Gasteiger partial charge in [-0.15, -0.1) is 0 Å². The second-order valence-corrected chi connectivity index (χ2v) is 8.11. The van der Waals surface area contributed by atoms with Crippen LogP contribution in [0.5, 0.6) is 0 Å². The maximum atomic E-state index is 12.9. The molecule has 4 rings (SSSR count). The minimum Gasteiger partial charge on any atom is -0.368 e. The Hall–Kier alpha value is -4.66. The van der Waals surface area contributed by atoms with Gasteiger partial charge in [0.2, 0.25) is 5.91 Å². The highest BCUT2D eigenvalue weighted by molar-refractivity contribution is 6.40. The number of nitrogens with zero attached hydrogens (tertiary/aromatic N) is 2. The summed E-state index contributed by atoms with van der Waals surface area (Å²) in [5, 5.41) is 14.3. The molecule has 0 fully saturated rings. The molecule has 35 heavy (non-hydrogen) atoms. The number of para-hydroxylation sites is 2. The number of urea groups is 1. The van der Waals surface area contributed by atoms with Crippen molar-refractivity contribution < 1.29 is 14.4 Å². The number of amides is 4. The number of rotatable bonds is 7. The number of nitrogens with two attached hydrogens (primary N) is 1. The van der Waals surface area contributed by atoms with Crippen LogP contribution in [0, 0.1) is 0 Å². The summed E-state index contributed by atoms with van der Waals surface area (Å²) in [6.45, 7) is 1.85. The molecule has 3 aromatic rings. The summed E-state index contributed by atoms with van der Waals surface area (Å²) in [4.78, 5) is 37.0. The summed E-state index contributed by atoms with van der Waals surface area (Å²) in [5.74, 6) is -0.917. The highest BCUT2D eigenvalue weighted by Crippen LogP contribution is 2.25. The number of nitrogens with one attached hydrogen (secondary N) is 3. The molecule has 0 bridgehead atoms. The molecule has 0 spiro atoms. The zero-order valence-electron chi connectivity index (χ0n) is 19.1. The van der Waals surface area contributed by atoms with E-state index < -0.39 is 11.9 Å². The first kappa shape index (κ1) is 23.5. The highest BCUT2D eigenvalue weighted by Gasteiger charge is 2.35. The summed E-state index contributed by atoms with van der Waals surface area (Å²) < 4.78 is 0. The van der Waals surface area contributed by atoms with Crippen molar-refractivity contribution in [1.29, 1.82) is 0 Å². The van der Waals surface area contributed by atoms with Gasteiger partial charge in [-0.2, -0.15) is 5.10 Å². The van der Waals surface area contributed by atoms with E-state index in [4.69, 9.17) is 5.73 Å². The van der Waals surface area contributed by atoms with E-state index in [9.17, 15) is 14.4 Å². The Morgan fingerprint density at radius 3 is 2.06 bits per heavy atom. The Balaban J connectivity index is 1.36. The molecule has 0 saturated carbocycles. The summed E-state index contributed by atoms with van der Waals surface area (Å²) in [7, 11) is 0. The number of hydrazone groups is 1. The van der Waals surface area contributed by atoms with Crippen LogP contribution in [0.1, 0.15) is 24.9 Å². The number of anilines is 3. The molecule has 9 nitrogen and oxygen atoms in total. The largest absolute Gasteiger partial charge is 0.368 e. The fourth-order valence-electron chi connectivity index (χ4n) is 3.72. The van der Waals surface area contributed by atoms with Crippen molar-refractivity contribution in [2.45, 2.75) is 25.4 Å². The van der Waals surface area contributed by atoms with Crippen molar-refractivity contribution in [3.63, 3.8) is 0 Å². The third-order valence-corrected chi connectivity index (χ3v) is 5.57. The van der Waals surface area contributed by atoms with Gasteiger partial charge in [0, 0.05) is 17.8 Å². The van der Waals surface area contributed by atoms with Gasteiger partial charge in [-0.1, -0.05) is 48.5 Å². The van der Waals surface area contributed by atoms with Gasteiger partial charge in [-0.25, -0.2) is 4.79 Å². The van der Waals surface area contributed by atoms with Gasteiger partial charge in [0.1, 0.15) is 11.8 Å². The predicted molar refractivity (Wildman–Crippen MR) is 136 cm³/mol. The van der Waals surface area contributed by atoms with E-state index >= 15 is 0 Å². The minimum atomic E-state index is -0.721. The maximum Gasteiger partial charge on any atom is 0.323 e. The lowest BCUT2D eigenvalue weighted by molar-refractivity contribution is -0.119. The van der Waals surface area contributed by atoms with Crippen LogP contribution >= 0.6 is 0 Å². The smallest absolute Gasteiger partial charge is 0.323 e. The summed E-state index contributed by atoms with van der Waals surface area (Å²) in [6.07, 6.45) is 0.127. The average Bonchev–Trinajstić information content (AvgIpc) is 3.32. The summed E-state index contributed by atoms with van der Waals surface area (Å²) in [5.41, 5.74) is 8.63. The Kier molecular flexibility index (Phi) is 7.06. The van der Waals surface area contributed by atoms with E-state index in [1.807, 2.05) is 55.5 Å². The lowest BCUT2D eigenvalue weighted by Gasteiger charge is -2.20. The van der Waals surface area contributed by atoms with Crippen LogP contribution in [0.2, 0.25) is 0 Å². The second-order valence-electron chi connectivity index (χ2n) is 8.11. The number of carbonyl (C=O) groups excluding carboxylic acids is 3. The van der Waals surface area contributed by atoms with Gasteiger partial charge >= 0.3 is 6.03 Å². The first-order chi connectivity index (χ1) is 16.9. The van der Waals surface area contributed by atoms with Crippen molar-refractivity contribution in [2.24, 2.45) is 10.8 Å². The van der Waals surface area contributed by atoms with Gasteiger partial charge < -0.3 is 21.7 Å². The van der Waals surface area contributed by atoms with Crippen molar-refractivity contribution in [2.75, 3.05) is 15.6 Å². The minimum absolute atomic E-state index is 0.127. The van der Waals surface area contributed by atoms with Crippen LogP contribution in [-0.2, 0) is 9.59 Å². The standard InChI is InChI=1S/C26H26N6O3/c1-17(18-12-14-20(15-13-18)30-26(35)29-19-8-4-2-5-9-19)28-25(34)22-16-23(24(27)33)32(31-22)21-10-6-3-7-11-21/h2-15,17,23H,16H2,1H3,(H2,27,33)(H,28,34)(H2,29,30,35)/t17-,23-/m0/s1. The first-order valence-corrected chi connectivity index (χ1v) is 11.2. The Labute approximate surface area is 203 Å². The molecular weight excluding hydrogens is 444 g/mol. The van der Waals surface area contributed by atoms with Gasteiger partial charge in [0.25, 0.3) is 5.91 Å². The lowest BCUT2D eigenvalue weighted by Crippen LogP contribution is -2.40. The zero-order valence-corrected chi connectivity index (χ0v) is 19.1. The van der Waals surface area contributed by atoms with Gasteiger partial charge in [-0.05, 0) is 48.9 Å². The van der Waals surface area contributed by atoms with E-state index in [1.165, 1.54) is 5.01 Å². The normalized spacial score (nSPS) is 15.6. The van der Waals surface area contributed by atoms with E-state index in [0.29, 0.717) is 17.1 Å². The van der Waals surface area contributed by atoms with Crippen molar-refractivity contribution >= 4 is 40.6 Å². The second kappa shape index (κ2) is 10.5. The quantitative estimate of drug-likeness (QED) is 0.420. The van der Waals surface area contributed by atoms with Gasteiger partial charge in [0.15, 0.2) is 0 Å². The molecule has 0 radical (unpaired) electrons. The van der Waals surface area contributed by atoms with Crippen LogP contribution in [0.15, 0.2) is 90.0 Å². The Morgan fingerprint density at radius 1 is 0.886 bits per heavy atom. The molecule has 9 heteroatoms. The monoisotopic (exact) mass is 470 g/mol. The number of benzene rings is 3. The number of hydrogen-bond acceptors (Lipinski definition) is 5. The molecule has 0 aromatic heterocycles. The lowest BCUT2D eigenvalue weighted by atomic mass is 10.1. The maximum absolute atomic E-state index is 12.9. The first-order valence-electron chi connectivity index (χ1n) is 11.2. The fourth-order valence-corrected chi connectivity index (χ4v) is 3.72. The Bertz CT molecular complexity index is 1230. The van der Waals surface area contributed by atoms with Gasteiger partial charge in [-0.3, -0.25) is 14.6 Å². The Morgan fingerprint density at radius 2 is 1.46 bits per heavy atom. The van der Waals surface area contributed by atoms with E-state index in [0.717, 1.165) is 5.56 Å². The molecule has 1 aliphatic heterocycles. The predicted octanol–water partition coefficient (Wildman–Crippen LogP) is 3.63. The molecule has 1 aliphatic rings. The van der Waals surface area contributed by atoms with Crippen molar-refractivity contribution in [3.8, 4) is 0 Å². The topological polar surface area (TPSA) is 129 Å². The summed E-state index contributed by atoms with van der Waals surface area (Å²) >= 11 is 0. The number of hydrogen-bond donors (Lipinski definition) is 4. The molecule has 178 valence electrons. The molecule has 3 aromatic carbocycles. The van der Waals surface area contributed by atoms with E-state index in [2.05, 4.69) is 21.1 Å². The average molecular weight is 471 g/mol. The van der Waals surface area contributed by atoms with Crippen LogP contribution in [0.4, 0.5) is 21.9 Å². The van der Waals surface area contributed by atoms with Crippen LogP contribution in [0.3, 0.4) is 0 Å². The molecule has 4 amide bonds. The molecule has 2 atom stereocenters. The van der Waals surface area contributed by atoms with Crippen molar-refractivity contribution in [1.82, 2.24) is 5.32 Å². The molecular formula is C26H26N6O3. The molecule has 5 N–H and O–H groups in total.